The second kappa shape index (κ2) is 9.11. The molecule has 6 nitrogen and oxygen atoms in total. The number of sulfonamides is 1. The van der Waals surface area contributed by atoms with Crippen LogP contribution in [0.2, 0.25) is 5.02 Å². The molecule has 1 amide bonds. The Kier molecular flexibility index (Phi) is 7.02. The standard InChI is InChI=1S/C20H30ClN3O3S/c1-3-23-10-12-24(13-11-23)28(26,27)16-8-9-18(21)17(14-16)20(25)22-19-7-5-4-6-15(19)2/h8-9,14-15,19H,3-7,10-13H2,1-2H3,(H,22,25)/t15-,19-/m0/s1. The van der Waals surface area contributed by atoms with Crippen LogP contribution in [0.4, 0.5) is 0 Å². The molecule has 2 aliphatic rings. The molecule has 8 heteroatoms. The number of piperazine rings is 1. The minimum absolute atomic E-state index is 0.111. The van der Waals surface area contributed by atoms with Crippen LogP contribution in [-0.2, 0) is 10.0 Å². The van der Waals surface area contributed by atoms with Gasteiger partial charge >= 0.3 is 0 Å². The first-order chi connectivity index (χ1) is 13.3. The summed E-state index contributed by atoms with van der Waals surface area (Å²) in [5.41, 5.74) is 0.229. The van der Waals surface area contributed by atoms with Gasteiger partial charge in [-0.15, -0.1) is 0 Å². The third-order valence-electron chi connectivity index (χ3n) is 6.03. The van der Waals surface area contributed by atoms with Crippen LogP contribution in [0.1, 0.15) is 49.9 Å². The summed E-state index contributed by atoms with van der Waals surface area (Å²) in [4.78, 5) is 15.2. The van der Waals surface area contributed by atoms with Crippen LogP contribution in [-0.4, -0.2) is 62.3 Å². The molecule has 0 bridgehead atoms. The Hall–Kier alpha value is -1.15. The number of amides is 1. The van der Waals surface area contributed by atoms with E-state index in [1.54, 1.807) is 0 Å². The van der Waals surface area contributed by atoms with Gasteiger partial charge in [0.25, 0.3) is 5.91 Å². The maximum Gasteiger partial charge on any atom is 0.253 e. The van der Waals surface area contributed by atoms with E-state index in [1.807, 2.05) is 0 Å². The van der Waals surface area contributed by atoms with Gasteiger partial charge in [-0.1, -0.05) is 38.3 Å². The molecule has 2 fully saturated rings. The van der Waals surface area contributed by atoms with Crippen LogP contribution in [0.25, 0.3) is 0 Å². The van der Waals surface area contributed by atoms with Gasteiger partial charge in [-0.2, -0.15) is 4.31 Å². The van der Waals surface area contributed by atoms with Gasteiger partial charge in [0.1, 0.15) is 0 Å². The maximum absolute atomic E-state index is 13.0. The quantitative estimate of drug-likeness (QED) is 0.784. The topological polar surface area (TPSA) is 69.7 Å². The molecule has 1 heterocycles. The summed E-state index contributed by atoms with van der Waals surface area (Å²) >= 11 is 6.24. The fourth-order valence-corrected chi connectivity index (χ4v) is 5.70. The van der Waals surface area contributed by atoms with E-state index in [-0.39, 0.29) is 27.4 Å². The smallest absolute Gasteiger partial charge is 0.253 e. The molecule has 3 rings (SSSR count). The maximum atomic E-state index is 13.0. The molecule has 0 radical (unpaired) electrons. The van der Waals surface area contributed by atoms with Crippen molar-refractivity contribution in [2.45, 2.75) is 50.5 Å². The average molecular weight is 428 g/mol. The number of benzene rings is 1. The lowest BCUT2D eigenvalue weighted by molar-refractivity contribution is 0.0910. The molecule has 0 spiro atoms. The number of hydrogen-bond acceptors (Lipinski definition) is 4. The summed E-state index contributed by atoms with van der Waals surface area (Å²) in [6.07, 6.45) is 4.33. The van der Waals surface area contributed by atoms with Gasteiger partial charge in [-0.05, 0) is 43.5 Å². The zero-order valence-electron chi connectivity index (χ0n) is 16.7. The molecule has 28 heavy (non-hydrogen) atoms. The van der Waals surface area contributed by atoms with E-state index in [2.05, 4.69) is 24.1 Å². The first-order valence-corrected chi connectivity index (χ1v) is 12.0. The largest absolute Gasteiger partial charge is 0.349 e. The fourth-order valence-electron chi connectivity index (χ4n) is 4.05. The van der Waals surface area contributed by atoms with Crippen molar-refractivity contribution in [3.8, 4) is 0 Å². The highest BCUT2D eigenvalue weighted by Gasteiger charge is 2.30. The Bertz CT molecular complexity index is 807. The number of nitrogens with zero attached hydrogens (tertiary/aromatic N) is 2. The molecule has 1 aromatic rings. The number of nitrogens with one attached hydrogen (secondary N) is 1. The highest BCUT2D eigenvalue weighted by Crippen LogP contribution is 2.27. The van der Waals surface area contributed by atoms with Crippen LogP contribution in [0, 0.1) is 5.92 Å². The predicted octanol–water partition coefficient (Wildman–Crippen LogP) is 2.97. The average Bonchev–Trinajstić information content (AvgIpc) is 2.70. The molecule has 1 N–H and O–H groups in total. The number of carbonyl (C=O) groups excluding carboxylic acids is 1. The number of rotatable bonds is 5. The predicted molar refractivity (Wildman–Crippen MR) is 111 cm³/mol. The Morgan fingerprint density at radius 2 is 1.86 bits per heavy atom. The van der Waals surface area contributed by atoms with Crippen molar-refractivity contribution in [3.63, 3.8) is 0 Å². The van der Waals surface area contributed by atoms with E-state index in [1.165, 1.54) is 28.9 Å². The lowest BCUT2D eigenvalue weighted by Crippen LogP contribution is -2.48. The number of carbonyl (C=O) groups is 1. The van der Waals surface area contributed by atoms with Gasteiger partial charge in [0.2, 0.25) is 10.0 Å². The first-order valence-electron chi connectivity index (χ1n) is 10.2. The number of likely N-dealkylation sites (N-methyl/N-ethyl adjacent to an activating group) is 1. The second-order valence-corrected chi connectivity index (χ2v) is 10.2. The summed E-state index contributed by atoms with van der Waals surface area (Å²) in [5, 5.41) is 3.33. The Morgan fingerprint density at radius 3 is 2.50 bits per heavy atom. The van der Waals surface area contributed by atoms with Crippen molar-refractivity contribution in [1.82, 2.24) is 14.5 Å². The highest BCUT2D eigenvalue weighted by atomic mass is 35.5. The zero-order chi connectivity index (χ0) is 20.3. The summed E-state index contributed by atoms with van der Waals surface area (Å²) in [5.74, 6) is 0.120. The Labute approximate surface area is 173 Å². The van der Waals surface area contributed by atoms with Crippen LogP contribution in [0.15, 0.2) is 23.1 Å². The highest BCUT2D eigenvalue weighted by molar-refractivity contribution is 7.89. The second-order valence-electron chi connectivity index (χ2n) is 7.82. The molecule has 0 aromatic heterocycles. The van der Waals surface area contributed by atoms with E-state index < -0.39 is 10.0 Å². The molecule has 1 aliphatic heterocycles. The summed E-state index contributed by atoms with van der Waals surface area (Å²) in [6.45, 7) is 7.48. The van der Waals surface area contributed by atoms with Gasteiger partial charge in [-0.25, -0.2) is 8.42 Å². The van der Waals surface area contributed by atoms with Crippen molar-refractivity contribution in [2.24, 2.45) is 5.92 Å². The van der Waals surface area contributed by atoms with Gasteiger partial charge in [0.15, 0.2) is 0 Å². The van der Waals surface area contributed by atoms with Crippen LogP contribution < -0.4 is 5.32 Å². The number of halogens is 1. The van der Waals surface area contributed by atoms with E-state index in [4.69, 9.17) is 11.6 Å². The SMILES string of the molecule is CCN1CCN(S(=O)(=O)c2ccc(Cl)c(C(=O)N[C@H]3CCCC[C@@H]3C)c2)CC1. The van der Waals surface area contributed by atoms with E-state index in [0.717, 1.165) is 38.9 Å². The van der Waals surface area contributed by atoms with Crippen molar-refractivity contribution in [2.75, 3.05) is 32.7 Å². The minimum Gasteiger partial charge on any atom is -0.349 e. The van der Waals surface area contributed by atoms with Crippen LogP contribution >= 0.6 is 11.6 Å². The monoisotopic (exact) mass is 427 g/mol. The molecule has 2 atom stereocenters. The van der Waals surface area contributed by atoms with Crippen molar-refractivity contribution in [3.05, 3.63) is 28.8 Å². The fraction of sp³-hybridized carbons (Fsp3) is 0.650. The van der Waals surface area contributed by atoms with Crippen LogP contribution in [0.3, 0.4) is 0 Å². The van der Waals surface area contributed by atoms with Gasteiger partial charge in [0, 0.05) is 32.2 Å². The summed E-state index contributed by atoms with van der Waals surface area (Å²) in [7, 11) is -3.64. The molecular formula is C20H30ClN3O3S. The third-order valence-corrected chi connectivity index (χ3v) is 8.25. The summed E-state index contributed by atoms with van der Waals surface area (Å²) in [6, 6.07) is 4.53. The van der Waals surface area contributed by atoms with Crippen molar-refractivity contribution >= 4 is 27.5 Å². The molecule has 1 saturated carbocycles. The number of hydrogen-bond donors (Lipinski definition) is 1. The minimum atomic E-state index is -3.64. The van der Waals surface area contributed by atoms with Gasteiger partial charge < -0.3 is 10.2 Å². The Balaban J connectivity index is 1.78. The normalized spacial score (nSPS) is 24.8. The molecule has 0 unspecified atom stereocenters. The zero-order valence-corrected chi connectivity index (χ0v) is 18.2. The van der Waals surface area contributed by atoms with Crippen LogP contribution in [0.5, 0.6) is 0 Å². The lowest BCUT2D eigenvalue weighted by Gasteiger charge is -2.33. The summed E-state index contributed by atoms with van der Waals surface area (Å²) < 4.78 is 27.6. The van der Waals surface area contributed by atoms with E-state index >= 15 is 0 Å². The molecule has 156 valence electrons. The third kappa shape index (κ3) is 4.70. The van der Waals surface area contributed by atoms with E-state index in [0.29, 0.717) is 19.0 Å². The van der Waals surface area contributed by atoms with Gasteiger partial charge in [0.05, 0.1) is 15.5 Å². The van der Waals surface area contributed by atoms with E-state index in [9.17, 15) is 13.2 Å². The first kappa shape index (κ1) is 21.6. The Morgan fingerprint density at radius 1 is 1.18 bits per heavy atom. The lowest BCUT2D eigenvalue weighted by atomic mass is 9.86. The molecule has 1 aromatic carbocycles. The molecule has 1 aliphatic carbocycles. The van der Waals surface area contributed by atoms with Gasteiger partial charge in [-0.3, -0.25) is 4.79 Å². The van der Waals surface area contributed by atoms with Crippen molar-refractivity contribution < 1.29 is 13.2 Å². The molecule has 1 saturated heterocycles. The van der Waals surface area contributed by atoms with Crippen molar-refractivity contribution in [1.29, 1.82) is 0 Å². The molecular weight excluding hydrogens is 398 g/mol.